The largest absolute Gasteiger partial charge is 0.272 e. The standard InChI is InChI=1S/C24H18Cl2N4O2S/c1-15-6-9-17(10-7-15)30-23(32)18-4-2-3-5-21(18)28-24(30)33-14-22(31)29-27-13-16-8-11-19(25)20(26)12-16/h2-13H,14H2,1H3,(H,29,31). The predicted molar refractivity (Wildman–Crippen MR) is 135 cm³/mol. The second-order valence-electron chi connectivity index (χ2n) is 7.14. The summed E-state index contributed by atoms with van der Waals surface area (Å²) >= 11 is 13.0. The number of nitrogens with one attached hydrogen (secondary N) is 1. The van der Waals surface area contributed by atoms with Crippen molar-refractivity contribution in [2.45, 2.75) is 12.1 Å². The average Bonchev–Trinajstić information content (AvgIpc) is 2.81. The normalized spacial score (nSPS) is 11.2. The van der Waals surface area contributed by atoms with Crippen LogP contribution in [0.2, 0.25) is 10.0 Å². The zero-order chi connectivity index (χ0) is 23.4. The lowest BCUT2D eigenvalue weighted by atomic mass is 10.2. The zero-order valence-corrected chi connectivity index (χ0v) is 19.8. The van der Waals surface area contributed by atoms with E-state index in [-0.39, 0.29) is 17.2 Å². The van der Waals surface area contributed by atoms with Crippen LogP contribution in [0, 0.1) is 6.92 Å². The van der Waals surface area contributed by atoms with Gasteiger partial charge in [-0.3, -0.25) is 14.2 Å². The van der Waals surface area contributed by atoms with Gasteiger partial charge in [0.25, 0.3) is 11.5 Å². The van der Waals surface area contributed by atoms with Crippen molar-refractivity contribution in [1.82, 2.24) is 15.0 Å². The number of aryl methyl sites for hydroxylation is 1. The number of hydrogen-bond donors (Lipinski definition) is 1. The molecule has 0 saturated carbocycles. The van der Waals surface area contributed by atoms with Crippen LogP contribution in [-0.4, -0.2) is 27.4 Å². The summed E-state index contributed by atoms with van der Waals surface area (Å²) in [5.74, 6) is -0.316. The van der Waals surface area contributed by atoms with E-state index in [0.29, 0.717) is 37.4 Å². The first-order chi connectivity index (χ1) is 15.9. The number of rotatable bonds is 6. The Morgan fingerprint density at radius 3 is 2.61 bits per heavy atom. The molecule has 9 heteroatoms. The molecule has 0 radical (unpaired) electrons. The number of thioether (sulfide) groups is 1. The molecule has 0 aliphatic heterocycles. The third-order valence-corrected chi connectivity index (χ3v) is 6.39. The first-order valence-electron chi connectivity index (χ1n) is 9.91. The molecule has 0 saturated heterocycles. The van der Waals surface area contributed by atoms with E-state index < -0.39 is 0 Å². The van der Waals surface area contributed by atoms with E-state index >= 15 is 0 Å². The van der Waals surface area contributed by atoms with Crippen LogP contribution in [0.15, 0.2) is 81.8 Å². The van der Waals surface area contributed by atoms with Crippen LogP contribution in [0.25, 0.3) is 16.6 Å². The Balaban J connectivity index is 1.55. The molecule has 0 aliphatic carbocycles. The molecular formula is C24H18Cl2N4O2S. The molecular weight excluding hydrogens is 479 g/mol. The fourth-order valence-corrected chi connectivity index (χ4v) is 4.18. The van der Waals surface area contributed by atoms with Gasteiger partial charge in [-0.25, -0.2) is 10.4 Å². The van der Waals surface area contributed by atoms with E-state index in [1.54, 1.807) is 36.4 Å². The van der Waals surface area contributed by atoms with Gasteiger partial charge in [-0.2, -0.15) is 5.10 Å². The van der Waals surface area contributed by atoms with Crippen molar-refractivity contribution < 1.29 is 4.79 Å². The van der Waals surface area contributed by atoms with Crippen LogP contribution in [0.4, 0.5) is 0 Å². The highest BCUT2D eigenvalue weighted by Crippen LogP contribution is 2.22. The Bertz CT molecular complexity index is 1420. The number of fused-ring (bicyclic) bond motifs is 1. The van der Waals surface area contributed by atoms with Crippen LogP contribution in [0.1, 0.15) is 11.1 Å². The van der Waals surface area contributed by atoms with Gasteiger partial charge in [0.05, 0.1) is 38.6 Å². The van der Waals surface area contributed by atoms with Gasteiger partial charge in [0.15, 0.2) is 5.16 Å². The second-order valence-corrected chi connectivity index (χ2v) is 8.90. The van der Waals surface area contributed by atoms with Crippen LogP contribution >= 0.6 is 35.0 Å². The Hall–Kier alpha value is -3.13. The van der Waals surface area contributed by atoms with Crippen molar-refractivity contribution in [3.8, 4) is 5.69 Å². The molecule has 1 heterocycles. The molecule has 1 amide bonds. The molecule has 1 N–H and O–H groups in total. The number of hydrogen-bond acceptors (Lipinski definition) is 5. The Morgan fingerprint density at radius 2 is 1.85 bits per heavy atom. The number of para-hydroxylation sites is 1. The Morgan fingerprint density at radius 1 is 1.09 bits per heavy atom. The van der Waals surface area contributed by atoms with E-state index in [0.717, 1.165) is 17.3 Å². The predicted octanol–water partition coefficient (Wildman–Crippen LogP) is 5.24. The minimum atomic E-state index is -0.339. The van der Waals surface area contributed by atoms with E-state index in [4.69, 9.17) is 23.2 Å². The highest BCUT2D eigenvalue weighted by molar-refractivity contribution is 7.99. The summed E-state index contributed by atoms with van der Waals surface area (Å²) in [7, 11) is 0. The van der Waals surface area contributed by atoms with Crippen LogP contribution in [0.5, 0.6) is 0 Å². The topological polar surface area (TPSA) is 76.3 Å². The molecule has 4 aromatic rings. The first kappa shape index (κ1) is 23.0. The summed E-state index contributed by atoms with van der Waals surface area (Å²) in [5.41, 5.74) is 5.32. The number of carbonyl (C=O) groups excluding carboxylic acids is 1. The molecule has 0 fully saturated rings. The lowest BCUT2D eigenvalue weighted by Gasteiger charge is -2.13. The molecule has 0 aliphatic rings. The molecule has 6 nitrogen and oxygen atoms in total. The number of benzene rings is 3. The van der Waals surface area contributed by atoms with Gasteiger partial charge in [-0.1, -0.05) is 70.9 Å². The average molecular weight is 497 g/mol. The molecule has 33 heavy (non-hydrogen) atoms. The molecule has 1 aromatic heterocycles. The molecule has 0 bridgehead atoms. The molecule has 0 spiro atoms. The fourth-order valence-electron chi connectivity index (χ4n) is 3.06. The SMILES string of the molecule is Cc1ccc(-n2c(SCC(=O)NN=Cc3ccc(Cl)c(Cl)c3)nc3ccccc3c2=O)cc1. The first-order valence-corrected chi connectivity index (χ1v) is 11.6. The smallest absolute Gasteiger partial charge is 0.266 e. The van der Waals surface area contributed by atoms with Crippen molar-refractivity contribution in [1.29, 1.82) is 0 Å². The summed E-state index contributed by atoms with van der Waals surface area (Å²) in [6.07, 6.45) is 1.47. The van der Waals surface area contributed by atoms with Gasteiger partial charge in [0.2, 0.25) is 0 Å². The van der Waals surface area contributed by atoms with Crippen molar-refractivity contribution >= 4 is 58.0 Å². The van der Waals surface area contributed by atoms with Crippen LogP contribution < -0.4 is 11.0 Å². The van der Waals surface area contributed by atoms with Crippen LogP contribution in [0.3, 0.4) is 0 Å². The Labute approximate surface area is 204 Å². The molecule has 166 valence electrons. The molecule has 0 atom stereocenters. The highest BCUT2D eigenvalue weighted by Gasteiger charge is 2.14. The number of halogens is 2. The van der Waals surface area contributed by atoms with Gasteiger partial charge < -0.3 is 0 Å². The van der Waals surface area contributed by atoms with Gasteiger partial charge in [0, 0.05) is 0 Å². The minimum Gasteiger partial charge on any atom is -0.272 e. The van der Waals surface area contributed by atoms with Crippen molar-refractivity contribution in [2.75, 3.05) is 5.75 Å². The molecule has 3 aromatic carbocycles. The number of nitrogens with zero attached hydrogens (tertiary/aromatic N) is 3. The zero-order valence-electron chi connectivity index (χ0n) is 17.5. The lowest BCUT2D eigenvalue weighted by Crippen LogP contribution is -2.24. The van der Waals surface area contributed by atoms with Gasteiger partial charge >= 0.3 is 0 Å². The van der Waals surface area contributed by atoms with Crippen LogP contribution in [-0.2, 0) is 4.79 Å². The van der Waals surface area contributed by atoms with Gasteiger partial charge in [-0.05, 0) is 48.9 Å². The number of hydrazone groups is 1. The fraction of sp³-hybridized carbons (Fsp3) is 0.0833. The summed E-state index contributed by atoms with van der Waals surface area (Å²) in [5, 5.41) is 5.73. The number of aromatic nitrogens is 2. The Kier molecular flexibility index (Phi) is 7.13. The maximum Gasteiger partial charge on any atom is 0.266 e. The van der Waals surface area contributed by atoms with Crippen molar-refractivity contribution in [2.24, 2.45) is 5.10 Å². The third-order valence-electron chi connectivity index (χ3n) is 4.72. The highest BCUT2D eigenvalue weighted by atomic mass is 35.5. The summed E-state index contributed by atoms with van der Waals surface area (Å²) in [6, 6.07) is 19.8. The number of amides is 1. The van der Waals surface area contributed by atoms with Gasteiger partial charge in [-0.15, -0.1) is 0 Å². The third kappa shape index (κ3) is 5.45. The van der Waals surface area contributed by atoms with E-state index in [1.165, 1.54) is 10.8 Å². The maximum absolute atomic E-state index is 13.2. The van der Waals surface area contributed by atoms with Crippen molar-refractivity contribution in [3.63, 3.8) is 0 Å². The van der Waals surface area contributed by atoms with E-state index in [1.807, 2.05) is 37.3 Å². The molecule has 4 rings (SSSR count). The second kappa shape index (κ2) is 10.2. The monoisotopic (exact) mass is 496 g/mol. The maximum atomic E-state index is 13.2. The summed E-state index contributed by atoms with van der Waals surface area (Å²) in [4.78, 5) is 30.2. The quantitative estimate of drug-likeness (QED) is 0.171. The van der Waals surface area contributed by atoms with E-state index in [2.05, 4.69) is 15.5 Å². The van der Waals surface area contributed by atoms with Crippen molar-refractivity contribution in [3.05, 3.63) is 98.3 Å². The summed E-state index contributed by atoms with van der Waals surface area (Å²) in [6.45, 7) is 1.98. The molecule has 0 unspecified atom stereocenters. The van der Waals surface area contributed by atoms with E-state index in [9.17, 15) is 9.59 Å². The minimum absolute atomic E-state index is 0.0232. The van der Waals surface area contributed by atoms with Gasteiger partial charge in [0.1, 0.15) is 0 Å². The number of carbonyl (C=O) groups is 1. The lowest BCUT2D eigenvalue weighted by molar-refractivity contribution is -0.118. The summed E-state index contributed by atoms with van der Waals surface area (Å²) < 4.78 is 1.53.